The summed E-state index contributed by atoms with van der Waals surface area (Å²) < 4.78 is 12.3. The third-order valence-electron chi connectivity index (χ3n) is 9.43. The van der Waals surface area contributed by atoms with E-state index in [0.717, 1.165) is 18.8 Å². The summed E-state index contributed by atoms with van der Waals surface area (Å²) in [4.78, 5) is 50.4. The molecule has 0 radical (unpaired) electrons. The van der Waals surface area contributed by atoms with E-state index in [0.29, 0.717) is 52.1 Å². The first-order valence-electron chi connectivity index (χ1n) is 15.1. The van der Waals surface area contributed by atoms with Crippen LogP contribution in [0.4, 0.5) is 5.69 Å². The molecular formula is C32H44N4O6. The molecular weight excluding hydrogens is 536 g/mol. The lowest BCUT2D eigenvalue weighted by Gasteiger charge is -2.37. The number of hydrogen-bond acceptors (Lipinski definition) is 7. The van der Waals surface area contributed by atoms with Gasteiger partial charge in [-0.25, -0.2) is 0 Å². The monoisotopic (exact) mass is 580 g/mol. The van der Waals surface area contributed by atoms with E-state index < -0.39 is 29.1 Å². The first kappa shape index (κ1) is 30.4. The summed E-state index contributed by atoms with van der Waals surface area (Å²) in [6, 6.07) is 8.49. The molecule has 1 spiro atoms. The van der Waals surface area contributed by atoms with Gasteiger partial charge in [-0.3, -0.25) is 19.3 Å². The van der Waals surface area contributed by atoms with Crippen molar-refractivity contribution in [1.29, 1.82) is 0 Å². The van der Waals surface area contributed by atoms with Gasteiger partial charge < -0.3 is 29.3 Å². The maximum Gasteiger partial charge on any atom is 0.248 e. The van der Waals surface area contributed by atoms with E-state index in [2.05, 4.69) is 18.1 Å². The average molecular weight is 581 g/mol. The minimum atomic E-state index is -1.12. The molecule has 4 heterocycles. The number of ether oxygens (including phenoxy) is 2. The van der Waals surface area contributed by atoms with Gasteiger partial charge in [-0.15, -0.1) is 13.2 Å². The third-order valence-corrected chi connectivity index (χ3v) is 9.43. The molecule has 1 aromatic carbocycles. The summed E-state index contributed by atoms with van der Waals surface area (Å²) in [6.45, 7) is 14.5. The standard InChI is InChI=1S/C32H44N4O6/c1-4-14-34(18-17-33-19-22-41-23-20-33)30(40)27-32-13-12-31(3,42-32)25(26(32)29(39)36(27)16-9-21-37)28(38)35(15-5-2)24-10-7-6-8-11-24/h4-8,10-11,25-27,37H,1-2,9,12-23H2,3H3/t25-,26-,27?,31+,32?/m0/s1. The molecule has 228 valence electrons. The van der Waals surface area contributed by atoms with E-state index in [1.54, 1.807) is 26.9 Å². The number of aliphatic hydroxyl groups excluding tert-OH is 1. The van der Waals surface area contributed by atoms with Crippen molar-refractivity contribution >= 4 is 23.4 Å². The molecule has 1 aromatic rings. The molecule has 4 aliphatic rings. The molecule has 3 amide bonds. The van der Waals surface area contributed by atoms with Gasteiger partial charge in [0.15, 0.2) is 0 Å². The summed E-state index contributed by atoms with van der Waals surface area (Å²) in [7, 11) is 0. The van der Waals surface area contributed by atoms with Crippen LogP contribution in [0.2, 0.25) is 0 Å². The molecule has 4 saturated heterocycles. The highest BCUT2D eigenvalue weighted by Gasteiger charge is 2.78. The largest absolute Gasteiger partial charge is 0.396 e. The van der Waals surface area contributed by atoms with Crippen LogP contribution in [0, 0.1) is 11.8 Å². The number of hydrogen-bond donors (Lipinski definition) is 1. The second kappa shape index (κ2) is 12.7. The Kier molecular flexibility index (Phi) is 9.17. The van der Waals surface area contributed by atoms with E-state index in [1.165, 1.54) is 0 Å². The van der Waals surface area contributed by atoms with Crippen LogP contribution in [0.3, 0.4) is 0 Å². The Morgan fingerprint density at radius 2 is 1.79 bits per heavy atom. The average Bonchev–Trinajstić information content (AvgIpc) is 3.57. The van der Waals surface area contributed by atoms with Crippen molar-refractivity contribution in [1.82, 2.24) is 14.7 Å². The molecule has 2 bridgehead atoms. The van der Waals surface area contributed by atoms with Gasteiger partial charge in [0, 0.05) is 58.1 Å². The highest BCUT2D eigenvalue weighted by molar-refractivity contribution is 6.03. The Labute approximate surface area is 248 Å². The Morgan fingerprint density at radius 1 is 1.07 bits per heavy atom. The van der Waals surface area contributed by atoms with Crippen molar-refractivity contribution in [3.63, 3.8) is 0 Å². The van der Waals surface area contributed by atoms with Crippen LogP contribution < -0.4 is 4.90 Å². The first-order chi connectivity index (χ1) is 20.3. The number of para-hydroxylation sites is 1. The van der Waals surface area contributed by atoms with E-state index in [1.807, 2.05) is 37.3 Å². The number of likely N-dealkylation sites (tertiary alicyclic amines) is 1. The highest BCUT2D eigenvalue weighted by Crippen LogP contribution is 2.63. The van der Waals surface area contributed by atoms with Crippen LogP contribution in [-0.2, 0) is 23.9 Å². The van der Waals surface area contributed by atoms with Crippen molar-refractivity contribution in [2.75, 3.05) is 70.5 Å². The van der Waals surface area contributed by atoms with Crippen molar-refractivity contribution < 1.29 is 29.0 Å². The van der Waals surface area contributed by atoms with Gasteiger partial charge in [-0.05, 0) is 38.3 Å². The summed E-state index contributed by atoms with van der Waals surface area (Å²) >= 11 is 0. The minimum absolute atomic E-state index is 0.113. The number of aliphatic hydroxyl groups is 1. The zero-order valence-corrected chi connectivity index (χ0v) is 24.7. The van der Waals surface area contributed by atoms with Crippen molar-refractivity contribution in [2.24, 2.45) is 11.8 Å². The normalized spacial score (nSPS) is 30.3. The fourth-order valence-corrected chi connectivity index (χ4v) is 7.50. The molecule has 10 heteroatoms. The van der Waals surface area contributed by atoms with Crippen molar-refractivity contribution in [3.05, 3.63) is 55.6 Å². The molecule has 0 saturated carbocycles. The van der Waals surface area contributed by atoms with E-state index >= 15 is 0 Å². The van der Waals surface area contributed by atoms with Gasteiger partial charge in [0.1, 0.15) is 11.6 Å². The van der Waals surface area contributed by atoms with Gasteiger partial charge in [-0.1, -0.05) is 30.4 Å². The van der Waals surface area contributed by atoms with E-state index in [4.69, 9.17) is 9.47 Å². The Bertz CT molecular complexity index is 1170. The molecule has 4 aliphatic heterocycles. The lowest BCUT2D eigenvalue weighted by Crippen LogP contribution is -2.57. The number of rotatable bonds is 13. The van der Waals surface area contributed by atoms with Gasteiger partial charge in [-0.2, -0.15) is 0 Å². The predicted octanol–water partition coefficient (Wildman–Crippen LogP) is 1.70. The number of morpholine rings is 1. The lowest BCUT2D eigenvalue weighted by atomic mass is 9.66. The second-order valence-corrected chi connectivity index (χ2v) is 11.9. The topological polar surface area (TPSA) is 103 Å². The maximum absolute atomic E-state index is 14.5. The number of nitrogens with zero attached hydrogens (tertiary/aromatic N) is 4. The third kappa shape index (κ3) is 5.30. The number of carbonyl (C=O) groups is 3. The zero-order valence-electron chi connectivity index (χ0n) is 24.7. The molecule has 0 aromatic heterocycles. The molecule has 5 rings (SSSR count). The molecule has 1 N–H and O–H groups in total. The zero-order chi connectivity index (χ0) is 29.9. The van der Waals surface area contributed by atoms with Crippen LogP contribution in [0.1, 0.15) is 26.2 Å². The fourth-order valence-electron chi connectivity index (χ4n) is 7.50. The van der Waals surface area contributed by atoms with Crippen LogP contribution in [0.15, 0.2) is 55.6 Å². The van der Waals surface area contributed by atoms with Gasteiger partial charge in [0.25, 0.3) is 0 Å². The highest BCUT2D eigenvalue weighted by atomic mass is 16.5. The summed E-state index contributed by atoms with van der Waals surface area (Å²) in [5, 5.41) is 9.67. The molecule has 42 heavy (non-hydrogen) atoms. The Morgan fingerprint density at radius 3 is 2.45 bits per heavy atom. The second-order valence-electron chi connectivity index (χ2n) is 11.9. The molecule has 0 aliphatic carbocycles. The summed E-state index contributed by atoms with van der Waals surface area (Å²) in [6.07, 6.45) is 4.78. The number of anilines is 1. The number of amides is 3. The Hall–Kier alpha value is -3.05. The van der Waals surface area contributed by atoms with Crippen LogP contribution >= 0.6 is 0 Å². The predicted molar refractivity (Wildman–Crippen MR) is 159 cm³/mol. The van der Waals surface area contributed by atoms with Crippen molar-refractivity contribution in [2.45, 2.75) is 43.4 Å². The van der Waals surface area contributed by atoms with E-state index in [9.17, 15) is 19.5 Å². The molecule has 5 atom stereocenters. The van der Waals surface area contributed by atoms with Gasteiger partial charge in [0.05, 0.1) is 30.7 Å². The number of benzene rings is 1. The van der Waals surface area contributed by atoms with Crippen LogP contribution in [0.5, 0.6) is 0 Å². The first-order valence-corrected chi connectivity index (χ1v) is 15.1. The lowest BCUT2D eigenvalue weighted by molar-refractivity contribution is -0.151. The number of fused-ring (bicyclic) bond motifs is 1. The smallest absolute Gasteiger partial charge is 0.248 e. The molecule has 10 nitrogen and oxygen atoms in total. The molecule has 2 unspecified atom stereocenters. The summed E-state index contributed by atoms with van der Waals surface area (Å²) in [5.41, 5.74) is -1.28. The summed E-state index contributed by atoms with van der Waals surface area (Å²) in [5.74, 6) is -2.19. The van der Waals surface area contributed by atoms with Crippen LogP contribution in [-0.4, -0.2) is 120 Å². The number of carbonyl (C=O) groups excluding carboxylic acids is 3. The fraction of sp³-hybridized carbons (Fsp3) is 0.594. The van der Waals surface area contributed by atoms with Gasteiger partial charge >= 0.3 is 0 Å². The van der Waals surface area contributed by atoms with Crippen LogP contribution in [0.25, 0.3) is 0 Å². The van der Waals surface area contributed by atoms with Crippen molar-refractivity contribution in [3.8, 4) is 0 Å². The quantitative estimate of drug-likeness (QED) is 0.355. The SMILES string of the molecule is C=CCN(CCN1CCOCC1)C(=O)C1N(CCCO)C(=O)[C@@H]2[C@@H](C(=O)N(CC=C)c3ccccc3)[C@@]3(C)CCC12O3. The Balaban J connectivity index is 1.48. The van der Waals surface area contributed by atoms with E-state index in [-0.39, 0.29) is 37.4 Å². The molecule has 4 fully saturated rings. The van der Waals surface area contributed by atoms with Gasteiger partial charge in [0.2, 0.25) is 17.7 Å². The maximum atomic E-state index is 14.5. The minimum Gasteiger partial charge on any atom is -0.396 e.